The molecule has 1 saturated heterocycles. The molecule has 14 heteroatoms. The first-order valence-electron chi connectivity index (χ1n) is 11.7. The molecule has 1 aliphatic rings. The Morgan fingerprint density at radius 1 is 1.30 bits per heavy atom. The van der Waals surface area contributed by atoms with Gasteiger partial charge in [0, 0.05) is 11.8 Å². The van der Waals surface area contributed by atoms with Crippen molar-refractivity contribution in [1.82, 2.24) is 14.6 Å². The van der Waals surface area contributed by atoms with Crippen LogP contribution in [0.5, 0.6) is 5.75 Å². The van der Waals surface area contributed by atoms with Gasteiger partial charge in [0.1, 0.15) is 24.0 Å². The Morgan fingerprint density at radius 3 is 2.59 bits per heavy atom. The van der Waals surface area contributed by atoms with Crippen LogP contribution in [0.3, 0.4) is 0 Å². The Hall–Kier alpha value is -2.83. The Bertz CT molecular complexity index is 1240. The van der Waals surface area contributed by atoms with Crippen molar-refractivity contribution in [3.05, 3.63) is 62.9 Å². The van der Waals surface area contributed by atoms with E-state index in [1.807, 2.05) is 0 Å². The van der Waals surface area contributed by atoms with E-state index in [0.717, 1.165) is 10.8 Å². The van der Waals surface area contributed by atoms with Gasteiger partial charge in [0.25, 0.3) is 5.56 Å². The number of halogens is 1. The summed E-state index contributed by atoms with van der Waals surface area (Å²) in [5.41, 5.74) is -1.38. The molecule has 0 bridgehead atoms. The van der Waals surface area contributed by atoms with Gasteiger partial charge in [-0.15, -0.1) is 0 Å². The Kier molecular flexibility index (Phi) is 9.43. The van der Waals surface area contributed by atoms with Crippen LogP contribution >= 0.6 is 7.75 Å². The number of alkyl halides is 1. The monoisotopic (exact) mass is 543 g/mol. The van der Waals surface area contributed by atoms with Crippen LogP contribution in [-0.2, 0) is 23.4 Å². The summed E-state index contributed by atoms with van der Waals surface area (Å²) in [6.45, 7) is 5.75. The molecule has 12 nitrogen and oxygen atoms in total. The Balaban J connectivity index is 1.80. The summed E-state index contributed by atoms with van der Waals surface area (Å²) in [5, 5.41) is 12.9. The molecular weight excluding hydrogens is 512 g/mol. The van der Waals surface area contributed by atoms with Gasteiger partial charge in [-0.1, -0.05) is 25.1 Å². The fourth-order valence-corrected chi connectivity index (χ4v) is 5.14. The number of carbonyl (C=O) groups is 1. The topological polar surface area (TPSA) is 158 Å². The number of carbonyl (C=O) groups excluding carboxylic acids is 1. The van der Waals surface area contributed by atoms with Gasteiger partial charge in [-0.2, -0.15) is 5.09 Å². The number of benzene rings is 1. The lowest BCUT2D eigenvalue weighted by Gasteiger charge is -2.25. The number of aliphatic hydroxyl groups is 1. The number of nitrogens with one attached hydrogen (secondary N) is 2. The zero-order chi connectivity index (χ0) is 27.3. The molecule has 1 unspecified atom stereocenters. The average molecular weight is 543 g/mol. The summed E-state index contributed by atoms with van der Waals surface area (Å²) in [6, 6.07) is 6.94. The molecule has 0 amide bonds. The third-order valence-electron chi connectivity index (χ3n) is 5.44. The summed E-state index contributed by atoms with van der Waals surface area (Å²) < 4.78 is 51.2. The van der Waals surface area contributed by atoms with E-state index >= 15 is 0 Å². The molecular formula is C23H31FN3O9P. The fraction of sp³-hybridized carbons (Fsp3) is 0.522. The van der Waals surface area contributed by atoms with Crippen LogP contribution < -0.4 is 20.9 Å². The smallest absolute Gasteiger partial charge is 0.459 e. The minimum Gasteiger partial charge on any atom is -0.462 e. The second kappa shape index (κ2) is 12.1. The number of hydrogen-bond acceptors (Lipinski definition) is 9. The lowest BCUT2D eigenvalue weighted by Crippen LogP contribution is -2.39. The van der Waals surface area contributed by atoms with E-state index in [1.165, 1.54) is 19.1 Å². The summed E-state index contributed by atoms with van der Waals surface area (Å²) in [4.78, 5) is 38.4. The standard InChI is InChI=1S/C23H31FN3O9P/c1-5-16(22(30)34-13(2)3)26-37(32,36-15-9-7-6-8-10-15)33-12-17-18(24)19(28)21(35-17)27-11-14(4)20(29)25-23(27)31/h6-11,13,16-19,21,28H,5,12H2,1-4H3,(H,26,32)(H,25,29,31)/t16-,17+,18-,19-,21+,37?/m0/s1. The lowest BCUT2D eigenvalue weighted by atomic mass is 10.1. The second-order valence-electron chi connectivity index (χ2n) is 8.75. The van der Waals surface area contributed by atoms with Crippen molar-refractivity contribution in [2.45, 2.75) is 70.9 Å². The highest BCUT2D eigenvalue weighted by molar-refractivity contribution is 7.52. The van der Waals surface area contributed by atoms with Crippen molar-refractivity contribution < 1.29 is 37.4 Å². The SMILES string of the molecule is CC[C@H](NP(=O)(OC[C@H]1O[C@@H](n2cc(C)c(=O)[nH]c2=O)[C@@H](O)[C@H]1F)Oc1ccccc1)C(=O)OC(C)C. The first-order chi connectivity index (χ1) is 17.4. The maximum atomic E-state index is 15.0. The van der Waals surface area contributed by atoms with Gasteiger partial charge >= 0.3 is 19.4 Å². The predicted octanol–water partition coefficient (Wildman–Crippen LogP) is 1.96. The number of aromatic amines is 1. The first-order valence-corrected chi connectivity index (χ1v) is 13.3. The minimum absolute atomic E-state index is 0.148. The van der Waals surface area contributed by atoms with Crippen molar-refractivity contribution >= 4 is 13.7 Å². The van der Waals surface area contributed by atoms with Crippen LogP contribution in [0.2, 0.25) is 0 Å². The maximum absolute atomic E-state index is 15.0. The van der Waals surface area contributed by atoms with E-state index in [2.05, 4.69) is 10.1 Å². The zero-order valence-corrected chi connectivity index (χ0v) is 21.7. The maximum Gasteiger partial charge on any atom is 0.459 e. The second-order valence-corrected chi connectivity index (χ2v) is 10.4. The molecule has 1 aliphatic heterocycles. The molecule has 37 heavy (non-hydrogen) atoms. The van der Waals surface area contributed by atoms with Gasteiger partial charge in [0.05, 0.1) is 12.7 Å². The number of H-pyrrole nitrogens is 1. The average Bonchev–Trinajstić information content (AvgIpc) is 3.12. The van der Waals surface area contributed by atoms with E-state index in [1.54, 1.807) is 39.0 Å². The van der Waals surface area contributed by atoms with Crippen molar-refractivity contribution in [1.29, 1.82) is 0 Å². The van der Waals surface area contributed by atoms with Crippen molar-refractivity contribution in [3.8, 4) is 5.75 Å². The van der Waals surface area contributed by atoms with Crippen LogP contribution in [0.1, 0.15) is 39.0 Å². The van der Waals surface area contributed by atoms with Gasteiger partial charge in [-0.3, -0.25) is 23.7 Å². The number of hydrogen-bond donors (Lipinski definition) is 3. The number of ether oxygens (including phenoxy) is 2. The van der Waals surface area contributed by atoms with Gasteiger partial charge in [0.2, 0.25) is 0 Å². The largest absolute Gasteiger partial charge is 0.462 e. The lowest BCUT2D eigenvalue weighted by molar-refractivity contribution is -0.149. The Labute approximate surface area is 212 Å². The van der Waals surface area contributed by atoms with Crippen molar-refractivity contribution in [2.24, 2.45) is 0 Å². The van der Waals surface area contributed by atoms with E-state index in [4.69, 9.17) is 18.5 Å². The fourth-order valence-electron chi connectivity index (χ4n) is 3.55. The molecule has 1 aromatic carbocycles. The molecule has 2 heterocycles. The number of nitrogens with zero attached hydrogens (tertiary/aromatic N) is 1. The summed E-state index contributed by atoms with van der Waals surface area (Å²) in [6.07, 6.45) is -5.86. The summed E-state index contributed by atoms with van der Waals surface area (Å²) in [7, 11) is -4.32. The zero-order valence-electron chi connectivity index (χ0n) is 20.8. The molecule has 3 rings (SSSR count). The van der Waals surface area contributed by atoms with Gasteiger partial charge in [0.15, 0.2) is 12.4 Å². The highest BCUT2D eigenvalue weighted by Gasteiger charge is 2.47. The van der Waals surface area contributed by atoms with E-state index in [9.17, 15) is 28.4 Å². The first kappa shape index (κ1) is 28.7. The predicted molar refractivity (Wildman–Crippen MR) is 130 cm³/mol. The van der Waals surface area contributed by atoms with Crippen molar-refractivity contribution in [2.75, 3.05) is 6.61 Å². The molecule has 2 aromatic rings. The van der Waals surface area contributed by atoms with Crippen LogP contribution in [0.4, 0.5) is 4.39 Å². The molecule has 1 aromatic heterocycles. The molecule has 1 fully saturated rings. The number of aryl methyl sites for hydroxylation is 1. The molecule has 6 atom stereocenters. The van der Waals surface area contributed by atoms with Gasteiger partial charge in [-0.25, -0.2) is 13.8 Å². The van der Waals surface area contributed by atoms with Gasteiger partial charge < -0.3 is 19.1 Å². The normalized spacial score (nSPS) is 24.0. The third-order valence-corrected chi connectivity index (χ3v) is 7.01. The molecule has 0 saturated carbocycles. The number of esters is 1. The molecule has 0 radical (unpaired) electrons. The summed E-state index contributed by atoms with van der Waals surface area (Å²) >= 11 is 0. The molecule has 0 spiro atoms. The van der Waals surface area contributed by atoms with Crippen molar-refractivity contribution in [3.63, 3.8) is 0 Å². The van der Waals surface area contributed by atoms with Crippen LogP contribution in [0, 0.1) is 6.92 Å². The van der Waals surface area contributed by atoms with E-state index in [-0.39, 0.29) is 17.7 Å². The molecule has 3 N–H and O–H groups in total. The molecule has 204 valence electrons. The van der Waals surface area contributed by atoms with E-state index in [0.29, 0.717) is 0 Å². The van der Waals surface area contributed by atoms with Crippen LogP contribution in [-0.4, -0.2) is 57.8 Å². The third kappa shape index (κ3) is 7.14. The van der Waals surface area contributed by atoms with Gasteiger partial charge in [-0.05, 0) is 39.3 Å². The van der Waals surface area contributed by atoms with Crippen LogP contribution in [0.25, 0.3) is 0 Å². The number of aliphatic hydroxyl groups excluding tert-OH is 1. The number of rotatable bonds is 11. The van der Waals surface area contributed by atoms with E-state index < -0.39 is 68.3 Å². The quantitative estimate of drug-likeness (QED) is 0.283. The molecule has 0 aliphatic carbocycles. The number of aromatic nitrogens is 2. The highest BCUT2D eigenvalue weighted by Crippen LogP contribution is 2.46. The van der Waals surface area contributed by atoms with Crippen LogP contribution in [0.15, 0.2) is 46.1 Å². The Morgan fingerprint density at radius 2 is 1.97 bits per heavy atom. The highest BCUT2D eigenvalue weighted by atomic mass is 31.2. The number of para-hydroxylation sites is 1. The minimum atomic E-state index is -4.32. The summed E-state index contributed by atoms with van der Waals surface area (Å²) in [5.74, 6) is -0.524.